The number of ether oxygens (including phenoxy) is 1. The van der Waals surface area contributed by atoms with Crippen LogP contribution in [0.3, 0.4) is 0 Å². The third kappa shape index (κ3) is 2.93. The summed E-state index contributed by atoms with van der Waals surface area (Å²) in [6.07, 6.45) is 0. The molecule has 0 amide bonds. The minimum atomic E-state index is -0.403. The number of nitrogens with zero attached hydrogens (tertiary/aromatic N) is 2. The third-order valence-electron chi connectivity index (χ3n) is 2.47. The van der Waals surface area contributed by atoms with E-state index in [0.717, 1.165) is 0 Å². The SMILES string of the molecule is Cc1nn(C)c(Oc2cc(F)cc(Br)c2)c1C(N)=S. The fraction of sp³-hybridized carbons (Fsp3) is 0.167. The molecule has 0 aliphatic rings. The molecule has 0 radical (unpaired) electrons. The highest BCUT2D eigenvalue weighted by Crippen LogP contribution is 2.29. The van der Waals surface area contributed by atoms with Crippen LogP contribution in [0.15, 0.2) is 22.7 Å². The van der Waals surface area contributed by atoms with E-state index in [0.29, 0.717) is 27.4 Å². The van der Waals surface area contributed by atoms with E-state index in [1.807, 2.05) is 0 Å². The fourth-order valence-corrected chi connectivity index (χ4v) is 2.42. The minimum Gasteiger partial charge on any atom is -0.438 e. The molecule has 4 nitrogen and oxygen atoms in total. The first kappa shape index (κ1) is 14.0. The zero-order valence-electron chi connectivity index (χ0n) is 10.3. The lowest BCUT2D eigenvalue weighted by molar-refractivity contribution is 0.426. The van der Waals surface area contributed by atoms with Crippen molar-refractivity contribution in [3.8, 4) is 11.6 Å². The standard InChI is InChI=1S/C12H11BrFN3OS/c1-6-10(11(15)19)12(17(2)16-6)18-9-4-7(13)3-8(14)5-9/h3-5H,1-2H3,(H2,15,19). The second-order valence-corrected chi connectivity index (χ2v) is 5.32. The first-order valence-corrected chi connectivity index (χ1v) is 6.56. The van der Waals surface area contributed by atoms with Gasteiger partial charge in [-0.15, -0.1) is 0 Å². The number of hydrogen-bond acceptors (Lipinski definition) is 3. The van der Waals surface area contributed by atoms with Crippen molar-refractivity contribution >= 4 is 33.1 Å². The highest BCUT2D eigenvalue weighted by Gasteiger charge is 2.18. The summed E-state index contributed by atoms with van der Waals surface area (Å²) < 4.78 is 21.1. The molecule has 0 aliphatic carbocycles. The van der Waals surface area contributed by atoms with Crippen molar-refractivity contribution in [2.45, 2.75) is 6.92 Å². The van der Waals surface area contributed by atoms with Crippen LogP contribution < -0.4 is 10.5 Å². The number of aryl methyl sites for hydroxylation is 2. The summed E-state index contributed by atoms with van der Waals surface area (Å²) in [6, 6.07) is 4.26. The second-order valence-electron chi connectivity index (χ2n) is 3.96. The van der Waals surface area contributed by atoms with Crippen LogP contribution in [0.5, 0.6) is 11.6 Å². The van der Waals surface area contributed by atoms with Crippen LogP contribution in [0.1, 0.15) is 11.3 Å². The lowest BCUT2D eigenvalue weighted by Gasteiger charge is -2.08. The van der Waals surface area contributed by atoms with Gasteiger partial charge in [0, 0.05) is 17.6 Å². The number of benzene rings is 1. The molecule has 0 atom stereocenters. The first-order valence-electron chi connectivity index (χ1n) is 5.36. The Morgan fingerprint density at radius 3 is 2.74 bits per heavy atom. The van der Waals surface area contributed by atoms with Crippen LogP contribution in [0, 0.1) is 12.7 Å². The molecule has 19 heavy (non-hydrogen) atoms. The fourth-order valence-electron chi connectivity index (χ4n) is 1.74. The van der Waals surface area contributed by atoms with Crippen LogP contribution in [-0.4, -0.2) is 14.8 Å². The Kier molecular flexibility index (Phi) is 3.86. The lowest BCUT2D eigenvalue weighted by atomic mass is 10.2. The largest absolute Gasteiger partial charge is 0.438 e. The number of halogens is 2. The van der Waals surface area contributed by atoms with Crippen molar-refractivity contribution in [1.29, 1.82) is 0 Å². The van der Waals surface area contributed by atoms with E-state index in [-0.39, 0.29) is 4.99 Å². The molecule has 0 bridgehead atoms. The molecule has 0 saturated heterocycles. The monoisotopic (exact) mass is 343 g/mol. The van der Waals surface area contributed by atoms with Gasteiger partial charge in [-0.1, -0.05) is 28.1 Å². The summed E-state index contributed by atoms with van der Waals surface area (Å²) in [5.41, 5.74) is 6.88. The highest BCUT2D eigenvalue weighted by atomic mass is 79.9. The molecular weight excluding hydrogens is 333 g/mol. The molecular formula is C12H11BrFN3OS. The molecule has 1 aromatic heterocycles. The predicted molar refractivity (Wildman–Crippen MR) is 78.0 cm³/mol. The first-order chi connectivity index (χ1) is 8.88. The van der Waals surface area contributed by atoms with E-state index in [9.17, 15) is 4.39 Å². The Labute approximate surface area is 123 Å². The summed E-state index contributed by atoms with van der Waals surface area (Å²) >= 11 is 8.18. The summed E-state index contributed by atoms with van der Waals surface area (Å²) in [7, 11) is 1.71. The normalized spacial score (nSPS) is 10.5. The van der Waals surface area contributed by atoms with Gasteiger partial charge in [0.1, 0.15) is 16.6 Å². The Balaban J connectivity index is 2.46. The van der Waals surface area contributed by atoms with E-state index >= 15 is 0 Å². The maximum atomic E-state index is 13.3. The third-order valence-corrected chi connectivity index (χ3v) is 3.13. The van der Waals surface area contributed by atoms with Crippen molar-refractivity contribution in [2.75, 3.05) is 0 Å². The molecule has 7 heteroatoms. The van der Waals surface area contributed by atoms with Crippen LogP contribution in [0.4, 0.5) is 4.39 Å². The van der Waals surface area contributed by atoms with Gasteiger partial charge in [-0.3, -0.25) is 0 Å². The van der Waals surface area contributed by atoms with Gasteiger partial charge in [-0.2, -0.15) is 5.10 Å². The number of thiocarbonyl (C=S) groups is 1. The zero-order valence-corrected chi connectivity index (χ0v) is 12.7. The number of nitrogens with two attached hydrogens (primary N) is 1. The molecule has 100 valence electrons. The van der Waals surface area contributed by atoms with Crippen molar-refractivity contribution in [3.05, 3.63) is 39.7 Å². The number of aromatic nitrogens is 2. The summed E-state index contributed by atoms with van der Waals surface area (Å²) in [4.78, 5) is 0.191. The molecule has 2 N–H and O–H groups in total. The van der Waals surface area contributed by atoms with Gasteiger partial charge in [0.05, 0.1) is 11.3 Å². The van der Waals surface area contributed by atoms with Crippen LogP contribution in [0.25, 0.3) is 0 Å². The zero-order chi connectivity index (χ0) is 14.2. The van der Waals surface area contributed by atoms with Gasteiger partial charge in [-0.05, 0) is 19.1 Å². The average molecular weight is 344 g/mol. The molecule has 0 fully saturated rings. The molecule has 0 saturated carbocycles. The number of rotatable bonds is 3. The van der Waals surface area contributed by atoms with Crippen LogP contribution >= 0.6 is 28.1 Å². The Bertz CT molecular complexity index is 636. The molecule has 0 spiro atoms. The minimum absolute atomic E-state index is 0.191. The van der Waals surface area contributed by atoms with Crippen LogP contribution in [0.2, 0.25) is 0 Å². The van der Waals surface area contributed by atoms with E-state index in [1.165, 1.54) is 16.8 Å². The molecule has 0 aliphatic heterocycles. The highest BCUT2D eigenvalue weighted by molar-refractivity contribution is 9.10. The molecule has 1 heterocycles. The van der Waals surface area contributed by atoms with E-state index in [2.05, 4.69) is 21.0 Å². The Morgan fingerprint density at radius 2 is 2.16 bits per heavy atom. The molecule has 2 aromatic rings. The van der Waals surface area contributed by atoms with Crippen molar-refractivity contribution < 1.29 is 9.13 Å². The van der Waals surface area contributed by atoms with Gasteiger partial charge < -0.3 is 10.5 Å². The van der Waals surface area contributed by atoms with Crippen molar-refractivity contribution in [2.24, 2.45) is 12.8 Å². The second kappa shape index (κ2) is 5.26. The smallest absolute Gasteiger partial charge is 0.228 e. The maximum absolute atomic E-state index is 13.3. The van der Waals surface area contributed by atoms with Gasteiger partial charge >= 0.3 is 0 Å². The van der Waals surface area contributed by atoms with Gasteiger partial charge in [0.2, 0.25) is 5.88 Å². The molecule has 0 unspecified atom stereocenters. The summed E-state index contributed by atoms with van der Waals surface area (Å²) in [6.45, 7) is 1.78. The van der Waals surface area contributed by atoms with Gasteiger partial charge in [0.25, 0.3) is 0 Å². The maximum Gasteiger partial charge on any atom is 0.228 e. The lowest BCUT2D eigenvalue weighted by Crippen LogP contribution is -2.11. The van der Waals surface area contributed by atoms with Crippen molar-refractivity contribution in [3.63, 3.8) is 0 Å². The van der Waals surface area contributed by atoms with E-state index in [1.54, 1.807) is 20.0 Å². The van der Waals surface area contributed by atoms with Gasteiger partial charge in [-0.25, -0.2) is 9.07 Å². The van der Waals surface area contributed by atoms with Crippen molar-refractivity contribution in [1.82, 2.24) is 9.78 Å². The quantitative estimate of drug-likeness (QED) is 0.870. The molecule has 2 rings (SSSR count). The van der Waals surface area contributed by atoms with E-state index in [4.69, 9.17) is 22.7 Å². The number of hydrogen-bond donors (Lipinski definition) is 1. The Morgan fingerprint density at radius 1 is 1.47 bits per heavy atom. The average Bonchev–Trinajstić information content (AvgIpc) is 2.52. The Hall–Kier alpha value is -1.47. The van der Waals surface area contributed by atoms with Gasteiger partial charge in [0.15, 0.2) is 0 Å². The molecule has 1 aromatic carbocycles. The summed E-state index contributed by atoms with van der Waals surface area (Å²) in [5, 5.41) is 4.19. The topological polar surface area (TPSA) is 53.1 Å². The summed E-state index contributed by atoms with van der Waals surface area (Å²) in [5.74, 6) is 0.329. The van der Waals surface area contributed by atoms with Crippen LogP contribution in [-0.2, 0) is 7.05 Å². The predicted octanol–water partition coefficient (Wildman–Crippen LogP) is 3.06. The van der Waals surface area contributed by atoms with E-state index < -0.39 is 5.82 Å².